The average molecular weight is 1180 g/mol. The second-order valence-electron chi connectivity index (χ2n) is 21.3. The molecular formula is C51H84Br2ClNO12Si3. The summed E-state index contributed by atoms with van der Waals surface area (Å²) >= 11 is 12.0. The SMILES string of the molecule is COc1cc(Br)ccc1O.COc1cc(Br)ccc1OCOCC[Si](C)(C)C.COc1cc(C(=O)CC2CCN(C(=O)OC(C)(C)C)CC2)ccc1OCOCC[Si](C)(C)C.C[Si](C)(C)CCOCCl. The molecule has 1 fully saturated rings. The Balaban J connectivity index is 0.000000547. The first-order valence-corrected chi connectivity index (χ1v) is 36.9. The van der Waals surface area contributed by atoms with Gasteiger partial charge in [0.2, 0.25) is 0 Å². The topological polar surface area (TPSA) is 141 Å². The fraction of sp³-hybridized carbons (Fsp3) is 0.608. The summed E-state index contributed by atoms with van der Waals surface area (Å²) in [5.41, 5.74) is 0.104. The van der Waals surface area contributed by atoms with E-state index < -0.39 is 29.8 Å². The van der Waals surface area contributed by atoms with Crippen LogP contribution in [0, 0.1) is 5.92 Å². The highest BCUT2D eigenvalue weighted by molar-refractivity contribution is 9.10. The van der Waals surface area contributed by atoms with Crippen molar-refractivity contribution in [3.63, 3.8) is 0 Å². The van der Waals surface area contributed by atoms with Crippen molar-refractivity contribution in [2.24, 2.45) is 5.92 Å². The molecule has 0 unspecified atom stereocenters. The third kappa shape index (κ3) is 30.9. The first-order valence-electron chi connectivity index (χ1n) is 23.7. The molecular weight excluding hydrogens is 1100 g/mol. The lowest BCUT2D eigenvalue weighted by Crippen LogP contribution is -2.42. The number of ketones is 1. The highest BCUT2D eigenvalue weighted by atomic mass is 79.9. The summed E-state index contributed by atoms with van der Waals surface area (Å²) in [5.74, 6) is 3.45. The van der Waals surface area contributed by atoms with Crippen molar-refractivity contribution < 1.29 is 57.3 Å². The number of nitrogens with zero attached hydrogens (tertiary/aromatic N) is 1. The first-order chi connectivity index (χ1) is 32.6. The van der Waals surface area contributed by atoms with E-state index in [1.807, 2.05) is 39.0 Å². The number of carbonyl (C=O) groups excluding carboxylic acids is 2. The Kier molecular flexibility index (Phi) is 30.8. The number of Topliss-reactive ketones (excluding diaryl/α,β-unsaturated/α-hetero) is 1. The van der Waals surface area contributed by atoms with Crippen LogP contribution in [0.1, 0.15) is 50.4 Å². The molecule has 70 heavy (non-hydrogen) atoms. The number of likely N-dealkylation sites (tertiary alicyclic amines) is 1. The summed E-state index contributed by atoms with van der Waals surface area (Å²) in [6.07, 6.45) is 1.75. The molecule has 0 bridgehead atoms. The van der Waals surface area contributed by atoms with E-state index in [1.165, 1.54) is 13.2 Å². The minimum Gasteiger partial charge on any atom is -0.504 e. The van der Waals surface area contributed by atoms with E-state index in [4.69, 9.17) is 59.3 Å². The zero-order valence-corrected chi connectivity index (χ0v) is 51.6. The van der Waals surface area contributed by atoms with E-state index in [0.717, 1.165) is 47.1 Å². The van der Waals surface area contributed by atoms with E-state index in [2.05, 4.69) is 90.8 Å². The number of phenols is 1. The van der Waals surface area contributed by atoms with Gasteiger partial charge in [-0.3, -0.25) is 4.79 Å². The minimum atomic E-state index is -1.13. The van der Waals surface area contributed by atoms with Gasteiger partial charge in [0.05, 0.1) is 21.3 Å². The van der Waals surface area contributed by atoms with Gasteiger partial charge in [-0.15, -0.1) is 0 Å². The number of methoxy groups -OCH3 is 3. The summed E-state index contributed by atoms with van der Waals surface area (Å²) in [6.45, 7) is 30.4. The van der Waals surface area contributed by atoms with E-state index in [9.17, 15) is 9.59 Å². The van der Waals surface area contributed by atoms with Crippen LogP contribution < -0.4 is 23.7 Å². The van der Waals surface area contributed by atoms with Crippen molar-refractivity contribution in [1.29, 1.82) is 0 Å². The molecule has 0 saturated carbocycles. The number of alkyl halides is 1. The van der Waals surface area contributed by atoms with Crippen molar-refractivity contribution in [2.75, 3.05) is 73.9 Å². The number of aromatic hydroxyl groups is 1. The maximum atomic E-state index is 12.9. The Morgan fingerprint density at radius 2 is 1.07 bits per heavy atom. The molecule has 1 saturated heterocycles. The summed E-state index contributed by atoms with van der Waals surface area (Å²) in [5, 5.41) is 9.09. The monoisotopic (exact) mass is 1180 g/mol. The lowest BCUT2D eigenvalue weighted by molar-refractivity contribution is 0.0181. The predicted molar refractivity (Wildman–Crippen MR) is 300 cm³/mol. The van der Waals surface area contributed by atoms with Crippen LogP contribution in [-0.2, 0) is 18.9 Å². The quantitative estimate of drug-likeness (QED) is 0.0337. The Bertz CT molecular complexity index is 1970. The minimum absolute atomic E-state index is 0.0713. The molecule has 19 heteroatoms. The number of halogens is 3. The highest BCUT2D eigenvalue weighted by Crippen LogP contribution is 2.32. The molecule has 0 atom stereocenters. The number of carbonyl (C=O) groups is 2. The molecule has 13 nitrogen and oxygen atoms in total. The number of hydrogen-bond acceptors (Lipinski definition) is 12. The predicted octanol–water partition coefficient (Wildman–Crippen LogP) is 14.5. The van der Waals surface area contributed by atoms with Gasteiger partial charge in [-0.05, 0) is 112 Å². The van der Waals surface area contributed by atoms with Gasteiger partial charge < -0.3 is 52.6 Å². The van der Waals surface area contributed by atoms with Crippen molar-refractivity contribution in [2.45, 2.75) is 123 Å². The molecule has 1 amide bonds. The second kappa shape index (κ2) is 33.1. The van der Waals surface area contributed by atoms with Crippen molar-refractivity contribution in [3.05, 3.63) is 69.1 Å². The van der Waals surface area contributed by atoms with Crippen LogP contribution in [0.2, 0.25) is 77.1 Å². The Labute approximate surface area is 445 Å². The van der Waals surface area contributed by atoms with Gasteiger partial charge in [0.1, 0.15) is 11.7 Å². The summed E-state index contributed by atoms with van der Waals surface area (Å²) in [6, 6.07) is 19.7. The molecule has 0 spiro atoms. The Hall–Kier alpha value is -2.82. The van der Waals surface area contributed by atoms with E-state index in [-0.39, 0.29) is 37.1 Å². The van der Waals surface area contributed by atoms with Crippen LogP contribution in [-0.4, -0.2) is 126 Å². The number of phenolic OH excluding ortho intramolecular Hbond substituents is 1. The van der Waals surface area contributed by atoms with Crippen LogP contribution in [0.5, 0.6) is 34.5 Å². The first kappa shape index (κ1) is 65.2. The molecule has 0 aliphatic carbocycles. The number of piperidine rings is 1. The van der Waals surface area contributed by atoms with Crippen LogP contribution in [0.15, 0.2) is 63.5 Å². The number of benzene rings is 3. The molecule has 3 aromatic carbocycles. The van der Waals surface area contributed by atoms with Gasteiger partial charge in [0, 0.05) is 78.1 Å². The lowest BCUT2D eigenvalue weighted by Gasteiger charge is -2.33. The van der Waals surface area contributed by atoms with Crippen LogP contribution in [0.25, 0.3) is 0 Å². The maximum Gasteiger partial charge on any atom is 0.410 e. The molecule has 1 heterocycles. The van der Waals surface area contributed by atoms with Crippen molar-refractivity contribution in [1.82, 2.24) is 4.90 Å². The fourth-order valence-corrected chi connectivity index (χ4v) is 8.98. The Morgan fingerprint density at radius 3 is 1.50 bits per heavy atom. The van der Waals surface area contributed by atoms with Gasteiger partial charge in [-0.2, -0.15) is 0 Å². The third-order valence-corrected chi connectivity index (χ3v) is 16.4. The second-order valence-corrected chi connectivity index (χ2v) is 40.2. The van der Waals surface area contributed by atoms with Crippen LogP contribution in [0.3, 0.4) is 0 Å². The summed E-state index contributed by atoms with van der Waals surface area (Å²) in [7, 11) is 1.67. The fourth-order valence-electron chi connectivity index (χ4n) is 5.92. The number of hydrogen-bond donors (Lipinski definition) is 1. The summed E-state index contributed by atoms with van der Waals surface area (Å²) < 4.78 is 50.2. The number of amides is 1. The van der Waals surface area contributed by atoms with Crippen LogP contribution >= 0.6 is 43.5 Å². The van der Waals surface area contributed by atoms with Crippen molar-refractivity contribution >= 4 is 79.6 Å². The maximum absolute atomic E-state index is 12.9. The van der Waals surface area contributed by atoms with Gasteiger partial charge in [-0.1, -0.05) is 102 Å². The standard InChI is InChI=1S/C25H41NO6Si.C13H21BrO3Si.C7H7BrO2.C6H15ClOSi/c1-25(2,3)32-24(28)26-12-10-19(11-13-26)16-21(27)20-8-9-22(23(17-20)29-4)31-18-30-14-15-33(5,6)7;1-15-13-9-11(14)5-6-12(13)17-10-16-7-8-18(2,3)4;1-10-7-4-5(8)2-3-6(7)9;1-9(2,3)5-4-8-6-7/h8-9,17,19H,10-16,18H2,1-7H3;5-6,9H,7-8,10H2,1-4H3;2-4,9H,1H3;4-6H2,1-3H3. The van der Waals surface area contributed by atoms with Gasteiger partial charge in [-0.25, -0.2) is 4.79 Å². The average Bonchev–Trinajstić information content (AvgIpc) is 3.26. The van der Waals surface area contributed by atoms with E-state index in [0.29, 0.717) is 66.5 Å². The molecule has 3 aromatic rings. The van der Waals surface area contributed by atoms with E-state index >= 15 is 0 Å². The van der Waals surface area contributed by atoms with Crippen LogP contribution in [0.4, 0.5) is 4.79 Å². The van der Waals surface area contributed by atoms with Crippen molar-refractivity contribution in [3.8, 4) is 34.5 Å². The molecule has 0 radical (unpaired) electrons. The zero-order valence-electron chi connectivity index (χ0n) is 44.7. The highest BCUT2D eigenvalue weighted by Gasteiger charge is 2.28. The van der Waals surface area contributed by atoms with E-state index in [1.54, 1.807) is 55.5 Å². The molecule has 1 N–H and O–H groups in total. The summed E-state index contributed by atoms with van der Waals surface area (Å²) in [4.78, 5) is 26.8. The molecule has 4 rings (SSSR count). The molecule has 398 valence electrons. The number of ether oxygens (including phenoxy) is 9. The molecule has 1 aliphatic rings. The third-order valence-electron chi connectivity index (χ3n) is 10.2. The largest absolute Gasteiger partial charge is 0.504 e. The van der Waals surface area contributed by atoms with Gasteiger partial charge in [0.15, 0.2) is 53.9 Å². The number of rotatable bonds is 22. The Morgan fingerprint density at radius 1 is 0.643 bits per heavy atom. The van der Waals surface area contributed by atoms with Gasteiger partial charge in [0.25, 0.3) is 0 Å². The zero-order chi connectivity index (χ0) is 53.1. The van der Waals surface area contributed by atoms with Gasteiger partial charge >= 0.3 is 6.09 Å². The molecule has 0 aromatic heterocycles. The molecule has 1 aliphatic heterocycles. The lowest BCUT2D eigenvalue weighted by atomic mass is 9.90. The normalized spacial score (nSPS) is 13.0. The smallest absolute Gasteiger partial charge is 0.410 e.